The first-order chi connectivity index (χ1) is 15.3. The second-order valence-electron chi connectivity index (χ2n) is 8.91. The zero-order valence-corrected chi connectivity index (χ0v) is 20.1. The van der Waals surface area contributed by atoms with Gasteiger partial charge in [0.05, 0.1) is 4.88 Å². The van der Waals surface area contributed by atoms with Crippen molar-refractivity contribution in [3.05, 3.63) is 57.8 Å². The van der Waals surface area contributed by atoms with Gasteiger partial charge in [-0.1, -0.05) is 38.1 Å². The van der Waals surface area contributed by atoms with Gasteiger partial charge >= 0.3 is 0 Å². The lowest BCUT2D eigenvalue weighted by molar-refractivity contribution is -0.125. The van der Waals surface area contributed by atoms with E-state index in [1.807, 2.05) is 54.5 Å². The van der Waals surface area contributed by atoms with Crippen LogP contribution in [-0.4, -0.2) is 47.8 Å². The quantitative estimate of drug-likeness (QED) is 0.665. The zero-order chi connectivity index (χ0) is 23.3. The highest BCUT2D eigenvalue weighted by Crippen LogP contribution is 2.24. The number of rotatable bonds is 7. The molecule has 7 heteroatoms. The van der Waals surface area contributed by atoms with Gasteiger partial charge in [-0.2, -0.15) is 0 Å². The van der Waals surface area contributed by atoms with Crippen LogP contribution < -0.4 is 10.6 Å². The van der Waals surface area contributed by atoms with Crippen molar-refractivity contribution in [3.63, 3.8) is 0 Å². The fourth-order valence-electron chi connectivity index (χ4n) is 3.92. The van der Waals surface area contributed by atoms with Crippen molar-refractivity contribution in [1.82, 2.24) is 15.5 Å². The van der Waals surface area contributed by atoms with Gasteiger partial charge in [0.1, 0.15) is 6.04 Å². The molecule has 2 heterocycles. The van der Waals surface area contributed by atoms with E-state index in [1.165, 1.54) is 11.3 Å². The monoisotopic (exact) mass is 455 g/mol. The molecule has 0 radical (unpaired) electrons. The highest BCUT2D eigenvalue weighted by molar-refractivity contribution is 7.12. The summed E-state index contributed by atoms with van der Waals surface area (Å²) in [6.07, 6.45) is 1.33. The van der Waals surface area contributed by atoms with E-state index in [9.17, 15) is 14.4 Å². The van der Waals surface area contributed by atoms with Crippen molar-refractivity contribution >= 4 is 29.1 Å². The first-order valence-corrected chi connectivity index (χ1v) is 12.2. The van der Waals surface area contributed by atoms with Crippen LogP contribution in [0.1, 0.15) is 59.2 Å². The van der Waals surface area contributed by atoms with Crippen LogP contribution in [0.25, 0.3) is 0 Å². The van der Waals surface area contributed by atoms with Crippen LogP contribution in [0.5, 0.6) is 0 Å². The second kappa shape index (κ2) is 10.8. The SMILES string of the molecule is Cc1ccccc1C(=O)N1CCC([C@H](NC(=O)c2cccs2)C(=O)N[C@H](C)C(C)C)CC1. The molecule has 3 amide bonds. The number of likely N-dealkylation sites (tertiary alicyclic amines) is 1. The summed E-state index contributed by atoms with van der Waals surface area (Å²) in [6.45, 7) is 9.16. The van der Waals surface area contributed by atoms with Crippen LogP contribution in [0, 0.1) is 18.8 Å². The molecular formula is C25H33N3O3S. The van der Waals surface area contributed by atoms with Gasteiger partial charge in [0.2, 0.25) is 5.91 Å². The van der Waals surface area contributed by atoms with Crippen LogP contribution in [-0.2, 0) is 4.79 Å². The summed E-state index contributed by atoms with van der Waals surface area (Å²) in [5.41, 5.74) is 1.68. The fraction of sp³-hybridized carbons (Fsp3) is 0.480. The Morgan fingerprint density at radius 2 is 1.69 bits per heavy atom. The van der Waals surface area contributed by atoms with E-state index in [0.29, 0.717) is 36.7 Å². The van der Waals surface area contributed by atoms with Gasteiger partial charge in [-0.05, 0) is 61.6 Å². The molecule has 0 saturated carbocycles. The maximum absolute atomic E-state index is 13.1. The third-order valence-corrected chi connectivity index (χ3v) is 7.23. The molecule has 0 spiro atoms. The van der Waals surface area contributed by atoms with E-state index in [1.54, 1.807) is 6.07 Å². The zero-order valence-electron chi connectivity index (χ0n) is 19.3. The van der Waals surface area contributed by atoms with Crippen LogP contribution in [0.2, 0.25) is 0 Å². The summed E-state index contributed by atoms with van der Waals surface area (Å²) in [6, 6.07) is 10.6. The predicted molar refractivity (Wildman–Crippen MR) is 128 cm³/mol. The number of hydrogen-bond acceptors (Lipinski definition) is 4. The number of carbonyl (C=O) groups excluding carboxylic acids is 3. The first kappa shape index (κ1) is 24.0. The Morgan fingerprint density at radius 3 is 2.28 bits per heavy atom. The molecule has 1 saturated heterocycles. The molecule has 0 bridgehead atoms. The molecule has 0 aliphatic carbocycles. The fourth-order valence-corrected chi connectivity index (χ4v) is 4.54. The Bertz CT molecular complexity index is 934. The van der Waals surface area contributed by atoms with Gasteiger partial charge in [0.25, 0.3) is 11.8 Å². The summed E-state index contributed by atoms with van der Waals surface area (Å²) in [7, 11) is 0. The Labute approximate surface area is 194 Å². The number of thiophene rings is 1. The molecule has 2 atom stereocenters. The number of hydrogen-bond donors (Lipinski definition) is 2. The van der Waals surface area contributed by atoms with Gasteiger partial charge in [0, 0.05) is 24.7 Å². The lowest BCUT2D eigenvalue weighted by Gasteiger charge is -2.36. The molecule has 172 valence electrons. The molecule has 2 aromatic rings. The second-order valence-corrected chi connectivity index (χ2v) is 9.86. The first-order valence-electron chi connectivity index (χ1n) is 11.3. The number of nitrogens with zero attached hydrogens (tertiary/aromatic N) is 1. The molecule has 0 unspecified atom stereocenters. The van der Waals surface area contributed by atoms with Gasteiger partial charge < -0.3 is 15.5 Å². The van der Waals surface area contributed by atoms with Crippen LogP contribution in [0.4, 0.5) is 0 Å². The molecule has 6 nitrogen and oxygen atoms in total. The third kappa shape index (κ3) is 5.76. The summed E-state index contributed by atoms with van der Waals surface area (Å²) in [5, 5.41) is 7.89. The number of benzene rings is 1. The van der Waals surface area contributed by atoms with Crippen molar-refractivity contribution < 1.29 is 14.4 Å². The number of carbonyl (C=O) groups is 3. The van der Waals surface area contributed by atoms with Crippen LogP contribution >= 0.6 is 11.3 Å². The molecule has 1 aliphatic rings. The van der Waals surface area contributed by atoms with Gasteiger partial charge in [0.15, 0.2) is 0 Å². The number of amides is 3. The normalized spacial score (nSPS) is 16.5. The lowest BCUT2D eigenvalue weighted by Crippen LogP contribution is -2.55. The molecule has 2 N–H and O–H groups in total. The van der Waals surface area contributed by atoms with Crippen molar-refractivity contribution in [2.45, 2.75) is 52.6 Å². The van der Waals surface area contributed by atoms with Crippen molar-refractivity contribution in [2.24, 2.45) is 11.8 Å². The molecule has 1 fully saturated rings. The molecular weight excluding hydrogens is 422 g/mol. The Hall–Kier alpha value is -2.67. The van der Waals surface area contributed by atoms with Crippen molar-refractivity contribution in [1.29, 1.82) is 0 Å². The summed E-state index contributed by atoms with van der Waals surface area (Å²) in [4.78, 5) is 41.3. The molecule has 1 aromatic heterocycles. The van der Waals surface area contributed by atoms with E-state index >= 15 is 0 Å². The minimum atomic E-state index is -0.624. The van der Waals surface area contributed by atoms with Crippen molar-refractivity contribution in [2.75, 3.05) is 13.1 Å². The minimum absolute atomic E-state index is 0.00589. The molecule has 3 rings (SSSR count). The van der Waals surface area contributed by atoms with E-state index in [0.717, 1.165) is 11.1 Å². The summed E-state index contributed by atoms with van der Waals surface area (Å²) >= 11 is 1.36. The Balaban J connectivity index is 1.69. The lowest BCUT2D eigenvalue weighted by atomic mass is 9.88. The third-order valence-electron chi connectivity index (χ3n) is 6.36. The van der Waals surface area contributed by atoms with E-state index < -0.39 is 6.04 Å². The van der Waals surface area contributed by atoms with E-state index in [4.69, 9.17) is 0 Å². The van der Waals surface area contributed by atoms with Crippen LogP contribution in [0.15, 0.2) is 41.8 Å². The molecule has 1 aromatic carbocycles. The topological polar surface area (TPSA) is 78.5 Å². The average molecular weight is 456 g/mol. The highest BCUT2D eigenvalue weighted by atomic mass is 32.1. The van der Waals surface area contributed by atoms with Gasteiger partial charge in [-0.15, -0.1) is 11.3 Å². The minimum Gasteiger partial charge on any atom is -0.352 e. The largest absolute Gasteiger partial charge is 0.352 e. The maximum atomic E-state index is 13.1. The standard InChI is InChI=1S/C25H33N3O3S/c1-16(2)18(4)26-24(30)22(27-23(29)21-10-7-15-32-21)19-11-13-28(14-12-19)25(31)20-9-6-5-8-17(20)3/h5-10,15-16,18-19,22H,11-14H2,1-4H3,(H,26,30)(H,27,29)/t18-,22+/m1/s1. The van der Waals surface area contributed by atoms with Gasteiger partial charge in [-0.25, -0.2) is 0 Å². The summed E-state index contributed by atoms with van der Waals surface area (Å²) in [5.74, 6) is -0.0884. The van der Waals surface area contributed by atoms with Crippen molar-refractivity contribution in [3.8, 4) is 0 Å². The number of nitrogens with one attached hydrogen (secondary N) is 2. The Kier molecular flexibility index (Phi) is 8.07. The summed E-state index contributed by atoms with van der Waals surface area (Å²) < 4.78 is 0. The van der Waals surface area contributed by atoms with E-state index in [-0.39, 0.29) is 29.7 Å². The Morgan fingerprint density at radius 1 is 1.00 bits per heavy atom. The van der Waals surface area contributed by atoms with E-state index in [2.05, 4.69) is 24.5 Å². The molecule has 32 heavy (non-hydrogen) atoms. The maximum Gasteiger partial charge on any atom is 0.262 e. The number of piperidine rings is 1. The molecule has 1 aliphatic heterocycles. The number of aryl methyl sites for hydroxylation is 1. The van der Waals surface area contributed by atoms with Crippen LogP contribution in [0.3, 0.4) is 0 Å². The average Bonchev–Trinajstić information content (AvgIpc) is 3.32. The predicted octanol–water partition coefficient (Wildman–Crippen LogP) is 3.87. The smallest absolute Gasteiger partial charge is 0.262 e. The van der Waals surface area contributed by atoms with Gasteiger partial charge in [-0.3, -0.25) is 14.4 Å². The highest BCUT2D eigenvalue weighted by Gasteiger charge is 2.35.